The van der Waals surface area contributed by atoms with Crippen LogP contribution in [0, 0.1) is 13.8 Å². The molecule has 8 nitrogen and oxygen atoms in total. The summed E-state index contributed by atoms with van der Waals surface area (Å²) in [7, 11) is 1.55. The Balaban J connectivity index is 1.50. The standard InChI is InChI=1S/C25H23N3O5S/c1-15-12-17(16(2)28(15)19-6-8-20(29)9-7-19)13-22-24(31)27(25(32)34-22)14-23(30)26-18-4-10-21(33-3)11-5-18/h4-13,29H,14H2,1-3H3,(H,26,30). The van der Waals surface area contributed by atoms with Crippen molar-refractivity contribution in [3.8, 4) is 17.2 Å². The predicted molar refractivity (Wildman–Crippen MR) is 131 cm³/mol. The number of ether oxygens (including phenoxy) is 1. The maximum Gasteiger partial charge on any atom is 0.294 e. The topological polar surface area (TPSA) is 101 Å². The third-order valence-corrected chi connectivity index (χ3v) is 6.32. The molecule has 1 saturated heterocycles. The van der Waals surface area contributed by atoms with Crippen LogP contribution in [0.25, 0.3) is 11.8 Å². The van der Waals surface area contributed by atoms with Crippen molar-refractivity contribution in [1.82, 2.24) is 9.47 Å². The van der Waals surface area contributed by atoms with Crippen LogP contribution in [0.2, 0.25) is 0 Å². The van der Waals surface area contributed by atoms with Gasteiger partial charge in [-0.2, -0.15) is 0 Å². The van der Waals surface area contributed by atoms with Crippen molar-refractivity contribution in [3.63, 3.8) is 0 Å². The van der Waals surface area contributed by atoms with Gasteiger partial charge >= 0.3 is 0 Å². The molecule has 3 amide bonds. The summed E-state index contributed by atoms with van der Waals surface area (Å²) in [6.45, 7) is 3.48. The van der Waals surface area contributed by atoms with Crippen LogP contribution in [-0.4, -0.2) is 45.3 Å². The van der Waals surface area contributed by atoms with Crippen molar-refractivity contribution in [2.24, 2.45) is 0 Å². The van der Waals surface area contributed by atoms with Crippen molar-refractivity contribution in [3.05, 3.63) is 76.5 Å². The van der Waals surface area contributed by atoms with Gasteiger partial charge in [0.2, 0.25) is 5.91 Å². The van der Waals surface area contributed by atoms with Gasteiger partial charge in [-0.3, -0.25) is 19.3 Å². The fourth-order valence-corrected chi connectivity index (χ4v) is 4.56. The third kappa shape index (κ3) is 4.69. The quantitative estimate of drug-likeness (QED) is 0.508. The molecule has 174 valence electrons. The van der Waals surface area contributed by atoms with E-state index in [0.717, 1.165) is 39.3 Å². The highest BCUT2D eigenvalue weighted by Crippen LogP contribution is 2.34. The van der Waals surface area contributed by atoms with Gasteiger partial charge in [0.05, 0.1) is 12.0 Å². The molecule has 2 aromatic carbocycles. The minimum Gasteiger partial charge on any atom is -0.508 e. The monoisotopic (exact) mass is 477 g/mol. The summed E-state index contributed by atoms with van der Waals surface area (Å²) in [5.74, 6) is -0.150. The number of benzene rings is 2. The van der Waals surface area contributed by atoms with E-state index in [2.05, 4.69) is 5.32 Å². The zero-order valence-electron chi connectivity index (χ0n) is 18.9. The number of carbonyl (C=O) groups is 3. The van der Waals surface area contributed by atoms with Gasteiger partial charge in [0.25, 0.3) is 11.1 Å². The first kappa shape index (κ1) is 23.2. The predicted octanol–water partition coefficient (Wildman–Crippen LogP) is 4.48. The van der Waals surface area contributed by atoms with Gasteiger partial charge in [0, 0.05) is 22.8 Å². The molecule has 2 N–H and O–H groups in total. The lowest BCUT2D eigenvalue weighted by atomic mass is 10.2. The van der Waals surface area contributed by atoms with Crippen LogP contribution < -0.4 is 10.1 Å². The molecule has 1 fully saturated rings. The number of aromatic hydroxyl groups is 1. The first-order chi connectivity index (χ1) is 16.3. The largest absolute Gasteiger partial charge is 0.508 e. The van der Waals surface area contributed by atoms with E-state index in [1.165, 1.54) is 0 Å². The molecule has 34 heavy (non-hydrogen) atoms. The molecular weight excluding hydrogens is 454 g/mol. The number of phenolic OH excluding ortho intramolecular Hbond substituents is 1. The second-order valence-electron chi connectivity index (χ2n) is 7.72. The minimum atomic E-state index is -0.505. The van der Waals surface area contributed by atoms with Crippen LogP contribution in [0.4, 0.5) is 10.5 Å². The highest BCUT2D eigenvalue weighted by atomic mass is 32.2. The molecule has 0 radical (unpaired) electrons. The number of imide groups is 1. The molecule has 0 spiro atoms. The molecule has 0 aliphatic carbocycles. The number of aryl methyl sites for hydroxylation is 1. The smallest absolute Gasteiger partial charge is 0.294 e. The SMILES string of the molecule is COc1ccc(NC(=O)CN2C(=O)SC(=Cc3cc(C)n(-c4ccc(O)cc4)c3C)C2=O)cc1. The summed E-state index contributed by atoms with van der Waals surface area (Å²) >= 11 is 0.811. The van der Waals surface area contributed by atoms with E-state index in [-0.39, 0.29) is 17.2 Å². The molecule has 9 heteroatoms. The van der Waals surface area contributed by atoms with E-state index in [1.807, 2.05) is 24.5 Å². The average Bonchev–Trinajstić information content (AvgIpc) is 3.24. The third-order valence-electron chi connectivity index (χ3n) is 5.41. The van der Waals surface area contributed by atoms with Gasteiger partial charge in [0.1, 0.15) is 18.0 Å². The minimum absolute atomic E-state index is 0.177. The molecule has 1 aliphatic rings. The summed E-state index contributed by atoms with van der Waals surface area (Å²) in [5.41, 5.74) is 4.02. The summed E-state index contributed by atoms with van der Waals surface area (Å²) in [6.07, 6.45) is 1.67. The molecule has 0 bridgehead atoms. The number of thioether (sulfide) groups is 1. The van der Waals surface area contributed by atoms with E-state index >= 15 is 0 Å². The zero-order chi connectivity index (χ0) is 24.4. The van der Waals surface area contributed by atoms with Gasteiger partial charge < -0.3 is 19.7 Å². The zero-order valence-corrected chi connectivity index (χ0v) is 19.7. The Morgan fingerprint density at radius 1 is 1.09 bits per heavy atom. The van der Waals surface area contributed by atoms with Crippen molar-refractivity contribution in [2.45, 2.75) is 13.8 Å². The molecule has 4 rings (SSSR count). The van der Waals surface area contributed by atoms with Gasteiger partial charge in [0.15, 0.2) is 0 Å². The number of nitrogens with one attached hydrogen (secondary N) is 1. The number of phenols is 1. The molecule has 1 aromatic heterocycles. The fraction of sp³-hybridized carbons (Fsp3) is 0.160. The second-order valence-corrected chi connectivity index (χ2v) is 8.72. The van der Waals surface area contributed by atoms with E-state index < -0.39 is 17.1 Å². The number of amides is 3. The van der Waals surface area contributed by atoms with E-state index in [4.69, 9.17) is 4.74 Å². The van der Waals surface area contributed by atoms with E-state index in [9.17, 15) is 19.5 Å². The highest BCUT2D eigenvalue weighted by Gasteiger charge is 2.36. The molecule has 0 saturated carbocycles. The van der Waals surface area contributed by atoms with Gasteiger partial charge in [-0.15, -0.1) is 0 Å². The summed E-state index contributed by atoms with van der Waals surface area (Å²) in [5, 5.41) is 11.7. The van der Waals surface area contributed by atoms with E-state index in [0.29, 0.717) is 11.4 Å². The highest BCUT2D eigenvalue weighted by molar-refractivity contribution is 8.18. The summed E-state index contributed by atoms with van der Waals surface area (Å²) in [4.78, 5) is 39.0. The van der Waals surface area contributed by atoms with Crippen LogP contribution >= 0.6 is 11.8 Å². The van der Waals surface area contributed by atoms with Crippen molar-refractivity contribution in [2.75, 3.05) is 19.0 Å². The normalized spacial score (nSPS) is 14.7. The molecule has 0 unspecified atom stereocenters. The number of carbonyl (C=O) groups excluding carboxylic acids is 3. The lowest BCUT2D eigenvalue weighted by molar-refractivity contribution is -0.127. The Morgan fingerprint density at radius 2 is 1.76 bits per heavy atom. The number of rotatable bonds is 6. The first-order valence-electron chi connectivity index (χ1n) is 10.4. The number of methoxy groups -OCH3 is 1. The molecule has 3 aromatic rings. The molecule has 0 atom stereocenters. The van der Waals surface area contributed by atoms with Gasteiger partial charge in [-0.1, -0.05) is 0 Å². The van der Waals surface area contributed by atoms with Crippen molar-refractivity contribution < 1.29 is 24.2 Å². The van der Waals surface area contributed by atoms with Crippen molar-refractivity contribution in [1.29, 1.82) is 0 Å². The number of aromatic nitrogens is 1. The van der Waals surface area contributed by atoms with Crippen LogP contribution in [0.15, 0.2) is 59.5 Å². The number of nitrogens with zero attached hydrogens (tertiary/aromatic N) is 2. The first-order valence-corrected chi connectivity index (χ1v) is 11.3. The van der Waals surface area contributed by atoms with Crippen molar-refractivity contribution >= 4 is 40.6 Å². The summed E-state index contributed by atoms with van der Waals surface area (Å²) < 4.78 is 7.08. The van der Waals surface area contributed by atoms with Gasteiger partial charge in [-0.25, -0.2) is 0 Å². The molecular formula is C25H23N3O5S. The maximum absolute atomic E-state index is 12.9. The average molecular weight is 478 g/mol. The van der Waals surface area contributed by atoms with Crippen LogP contribution in [0.1, 0.15) is 17.0 Å². The Hall–Kier alpha value is -3.98. The maximum atomic E-state index is 12.9. The molecule has 2 heterocycles. The lowest BCUT2D eigenvalue weighted by Gasteiger charge is -2.12. The van der Waals surface area contributed by atoms with E-state index in [1.54, 1.807) is 61.7 Å². The van der Waals surface area contributed by atoms with Crippen LogP contribution in [-0.2, 0) is 9.59 Å². The fourth-order valence-electron chi connectivity index (χ4n) is 3.73. The summed E-state index contributed by atoms with van der Waals surface area (Å²) in [6, 6.07) is 15.5. The number of hydrogen-bond donors (Lipinski definition) is 2. The van der Waals surface area contributed by atoms with Gasteiger partial charge in [-0.05, 0) is 91.8 Å². The second kappa shape index (κ2) is 9.48. The molecule has 1 aliphatic heterocycles. The van der Waals surface area contributed by atoms with Crippen LogP contribution in [0.3, 0.4) is 0 Å². The number of anilines is 1. The Bertz CT molecular complexity index is 1290. The Labute approximate surface area is 200 Å². The Morgan fingerprint density at radius 3 is 2.41 bits per heavy atom. The lowest BCUT2D eigenvalue weighted by Crippen LogP contribution is -2.36. The Kier molecular flexibility index (Phi) is 6.47. The van der Waals surface area contributed by atoms with Crippen LogP contribution in [0.5, 0.6) is 11.5 Å². The number of hydrogen-bond acceptors (Lipinski definition) is 6.